The molecule has 0 atom stereocenters. The molecule has 0 aliphatic heterocycles. The van der Waals surface area contributed by atoms with Gasteiger partial charge in [-0.1, -0.05) is 29.5 Å². The minimum Gasteiger partial charge on any atom is -0.353 e. The second kappa shape index (κ2) is 5.89. The first kappa shape index (κ1) is 14.1. The van der Waals surface area contributed by atoms with E-state index in [-0.39, 0.29) is 5.91 Å². The van der Waals surface area contributed by atoms with Gasteiger partial charge in [0.05, 0.1) is 11.4 Å². The number of hydrogen-bond acceptors (Lipinski definition) is 4. The Balaban J connectivity index is 1.72. The number of nitrogens with zero attached hydrogens (tertiary/aromatic N) is 3. The molecule has 2 aromatic rings. The summed E-state index contributed by atoms with van der Waals surface area (Å²) in [6.07, 6.45) is 3.91. The van der Waals surface area contributed by atoms with Crippen LogP contribution in [0.25, 0.3) is 5.69 Å². The quantitative estimate of drug-likeness (QED) is 0.861. The number of aryl methyl sites for hydroxylation is 2. The molecule has 5 nitrogen and oxygen atoms in total. The Hall–Kier alpha value is -1.82. The Morgan fingerprint density at radius 2 is 2.24 bits per heavy atom. The molecular formula is C15H18N4OS. The highest BCUT2D eigenvalue weighted by Gasteiger charge is 2.23. The molecule has 1 fully saturated rings. The number of benzene rings is 1. The first-order valence-corrected chi connectivity index (χ1v) is 8.02. The van der Waals surface area contributed by atoms with Gasteiger partial charge in [0.25, 0.3) is 0 Å². The Bertz CT molecular complexity index is 663. The van der Waals surface area contributed by atoms with Crippen LogP contribution in [0, 0.1) is 13.8 Å². The number of amides is 1. The fraction of sp³-hybridized carbons (Fsp3) is 0.400. The monoisotopic (exact) mass is 302 g/mol. The van der Waals surface area contributed by atoms with Crippen molar-refractivity contribution in [2.24, 2.45) is 0 Å². The molecular weight excluding hydrogens is 284 g/mol. The van der Waals surface area contributed by atoms with E-state index in [1.807, 2.05) is 4.57 Å². The molecule has 1 N–H and O–H groups in total. The van der Waals surface area contributed by atoms with Crippen LogP contribution in [0.5, 0.6) is 0 Å². The minimum absolute atomic E-state index is 0.0673. The number of thioether (sulfide) groups is 1. The molecule has 0 bridgehead atoms. The van der Waals surface area contributed by atoms with Gasteiger partial charge in [0.2, 0.25) is 5.91 Å². The van der Waals surface area contributed by atoms with Crippen molar-refractivity contribution in [2.75, 3.05) is 5.75 Å². The van der Waals surface area contributed by atoms with Crippen LogP contribution in [0.2, 0.25) is 0 Å². The van der Waals surface area contributed by atoms with Gasteiger partial charge in [-0.05, 0) is 38.3 Å². The predicted molar refractivity (Wildman–Crippen MR) is 82.7 cm³/mol. The normalized spacial score (nSPS) is 14.2. The van der Waals surface area contributed by atoms with Gasteiger partial charge in [-0.25, -0.2) is 0 Å². The molecule has 0 spiro atoms. The lowest BCUT2D eigenvalue weighted by molar-refractivity contribution is -0.118. The Labute approximate surface area is 128 Å². The van der Waals surface area contributed by atoms with E-state index in [2.05, 4.69) is 47.6 Å². The van der Waals surface area contributed by atoms with E-state index in [0.717, 1.165) is 23.7 Å². The minimum atomic E-state index is 0.0673. The van der Waals surface area contributed by atoms with Crippen molar-refractivity contribution in [1.29, 1.82) is 0 Å². The zero-order valence-electron chi connectivity index (χ0n) is 12.2. The Kier molecular flexibility index (Phi) is 3.96. The van der Waals surface area contributed by atoms with E-state index in [4.69, 9.17) is 0 Å². The maximum atomic E-state index is 11.8. The summed E-state index contributed by atoms with van der Waals surface area (Å²) < 4.78 is 1.93. The summed E-state index contributed by atoms with van der Waals surface area (Å²) in [6.45, 7) is 4.14. The van der Waals surface area contributed by atoms with Crippen molar-refractivity contribution in [1.82, 2.24) is 20.1 Å². The standard InChI is InChI=1S/C15H18N4OS/c1-10-3-6-13(11(2)7-10)19-9-16-18-15(19)21-8-14(20)17-12-4-5-12/h3,6-7,9,12H,4-5,8H2,1-2H3,(H,17,20). The first-order chi connectivity index (χ1) is 10.1. The number of rotatable bonds is 5. The van der Waals surface area contributed by atoms with Crippen molar-refractivity contribution in [3.8, 4) is 5.69 Å². The summed E-state index contributed by atoms with van der Waals surface area (Å²) in [5.41, 5.74) is 3.44. The predicted octanol–water partition coefficient (Wildman–Crippen LogP) is 2.25. The summed E-state index contributed by atoms with van der Waals surface area (Å²) >= 11 is 1.42. The molecule has 1 aromatic heterocycles. The van der Waals surface area contributed by atoms with Gasteiger partial charge in [-0.3, -0.25) is 9.36 Å². The lowest BCUT2D eigenvalue weighted by Gasteiger charge is -2.10. The largest absolute Gasteiger partial charge is 0.353 e. The third-order valence-corrected chi connectivity index (χ3v) is 4.35. The fourth-order valence-electron chi connectivity index (χ4n) is 2.19. The molecule has 1 aliphatic carbocycles. The molecule has 1 heterocycles. The van der Waals surface area contributed by atoms with Crippen LogP contribution in [-0.4, -0.2) is 32.5 Å². The number of hydrogen-bond donors (Lipinski definition) is 1. The SMILES string of the molecule is Cc1ccc(-n2cnnc2SCC(=O)NC2CC2)c(C)c1. The topological polar surface area (TPSA) is 59.8 Å². The molecule has 0 saturated heterocycles. The van der Waals surface area contributed by atoms with Gasteiger partial charge in [-0.15, -0.1) is 10.2 Å². The van der Waals surface area contributed by atoms with Gasteiger partial charge in [0, 0.05) is 6.04 Å². The van der Waals surface area contributed by atoms with Crippen LogP contribution in [-0.2, 0) is 4.79 Å². The molecule has 0 radical (unpaired) electrons. The highest BCUT2D eigenvalue weighted by Crippen LogP contribution is 2.23. The number of aromatic nitrogens is 3. The van der Waals surface area contributed by atoms with Gasteiger partial charge in [0.1, 0.15) is 6.33 Å². The number of carbonyl (C=O) groups is 1. The second-order valence-corrected chi connectivity index (χ2v) is 6.35. The molecule has 6 heteroatoms. The summed E-state index contributed by atoms with van der Waals surface area (Å²) in [5.74, 6) is 0.442. The van der Waals surface area contributed by atoms with Crippen molar-refractivity contribution < 1.29 is 4.79 Å². The summed E-state index contributed by atoms with van der Waals surface area (Å²) in [4.78, 5) is 11.8. The van der Waals surface area contributed by atoms with Crippen molar-refractivity contribution in [3.63, 3.8) is 0 Å². The molecule has 3 rings (SSSR count). The molecule has 1 aliphatic rings. The zero-order valence-corrected chi connectivity index (χ0v) is 13.0. The lowest BCUT2D eigenvalue weighted by atomic mass is 10.1. The van der Waals surface area contributed by atoms with E-state index in [1.54, 1.807) is 6.33 Å². The zero-order chi connectivity index (χ0) is 14.8. The van der Waals surface area contributed by atoms with Crippen LogP contribution >= 0.6 is 11.8 Å². The van der Waals surface area contributed by atoms with Gasteiger partial charge < -0.3 is 5.32 Å². The second-order valence-electron chi connectivity index (χ2n) is 5.40. The van der Waals surface area contributed by atoms with Crippen LogP contribution in [0.4, 0.5) is 0 Å². The molecule has 1 aromatic carbocycles. The van der Waals surface area contributed by atoms with Crippen LogP contribution < -0.4 is 5.32 Å². The van der Waals surface area contributed by atoms with Crippen LogP contribution in [0.1, 0.15) is 24.0 Å². The molecule has 1 amide bonds. The third-order valence-electron chi connectivity index (χ3n) is 3.40. The van der Waals surface area contributed by atoms with E-state index in [0.29, 0.717) is 11.8 Å². The average Bonchev–Trinajstić information content (AvgIpc) is 3.13. The molecule has 21 heavy (non-hydrogen) atoms. The highest BCUT2D eigenvalue weighted by atomic mass is 32.2. The summed E-state index contributed by atoms with van der Waals surface area (Å²) in [7, 11) is 0. The third kappa shape index (κ3) is 3.44. The Morgan fingerprint density at radius 1 is 1.43 bits per heavy atom. The van der Waals surface area contributed by atoms with Crippen LogP contribution in [0.3, 0.4) is 0 Å². The van der Waals surface area contributed by atoms with Gasteiger partial charge in [-0.2, -0.15) is 0 Å². The average molecular weight is 302 g/mol. The molecule has 1 saturated carbocycles. The van der Waals surface area contributed by atoms with Crippen molar-refractivity contribution in [3.05, 3.63) is 35.7 Å². The van der Waals surface area contributed by atoms with E-state index in [9.17, 15) is 4.79 Å². The smallest absolute Gasteiger partial charge is 0.230 e. The number of nitrogens with one attached hydrogen (secondary N) is 1. The molecule has 0 unspecified atom stereocenters. The van der Waals surface area contributed by atoms with Crippen LogP contribution in [0.15, 0.2) is 29.7 Å². The van der Waals surface area contributed by atoms with E-state index in [1.165, 1.54) is 22.9 Å². The van der Waals surface area contributed by atoms with Crippen molar-refractivity contribution in [2.45, 2.75) is 37.9 Å². The highest BCUT2D eigenvalue weighted by molar-refractivity contribution is 7.99. The van der Waals surface area contributed by atoms with Gasteiger partial charge >= 0.3 is 0 Å². The summed E-state index contributed by atoms with van der Waals surface area (Å²) in [6, 6.07) is 6.65. The lowest BCUT2D eigenvalue weighted by Crippen LogP contribution is -2.27. The summed E-state index contributed by atoms with van der Waals surface area (Å²) in [5, 5.41) is 11.8. The van der Waals surface area contributed by atoms with Crippen molar-refractivity contribution >= 4 is 17.7 Å². The Morgan fingerprint density at radius 3 is 2.95 bits per heavy atom. The first-order valence-electron chi connectivity index (χ1n) is 7.03. The maximum Gasteiger partial charge on any atom is 0.230 e. The molecule has 110 valence electrons. The maximum absolute atomic E-state index is 11.8. The van der Waals surface area contributed by atoms with Gasteiger partial charge in [0.15, 0.2) is 5.16 Å². The fourth-order valence-corrected chi connectivity index (χ4v) is 2.92. The van der Waals surface area contributed by atoms with E-state index >= 15 is 0 Å². The van der Waals surface area contributed by atoms with E-state index < -0.39 is 0 Å². The number of carbonyl (C=O) groups excluding carboxylic acids is 1.